The first kappa shape index (κ1) is 17.5. The number of rotatable bonds is 3. The highest BCUT2D eigenvalue weighted by atomic mass is 35.5. The van der Waals surface area contributed by atoms with Gasteiger partial charge in [-0.05, 0) is 47.7 Å². The molecule has 3 amide bonds. The summed E-state index contributed by atoms with van der Waals surface area (Å²) in [5, 5.41) is 0.916. The first-order chi connectivity index (χ1) is 12.0. The van der Waals surface area contributed by atoms with E-state index in [9.17, 15) is 14.4 Å². The minimum atomic E-state index is -0.620. The lowest BCUT2D eigenvalue weighted by Gasteiger charge is -2.13. The molecule has 0 unspecified atom stereocenters. The van der Waals surface area contributed by atoms with Crippen molar-refractivity contribution in [1.82, 2.24) is 10.4 Å². The van der Waals surface area contributed by atoms with Crippen molar-refractivity contribution in [1.29, 1.82) is 0 Å². The van der Waals surface area contributed by atoms with E-state index >= 15 is 0 Å². The van der Waals surface area contributed by atoms with Crippen LogP contribution in [0.4, 0.5) is 4.79 Å². The van der Waals surface area contributed by atoms with Crippen LogP contribution in [0.3, 0.4) is 0 Å². The number of amides is 3. The van der Waals surface area contributed by atoms with Crippen molar-refractivity contribution in [3.63, 3.8) is 0 Å². The van der Waals surface area contributed by atoms with E-state index in [4.69, 9.17) is 23.2 Å². The minimum Gasteiger partial charge on any atom is -0.267 e. The van der Waals surface area contributed by atoms with Gasteiger partial charge >= 0.3 is 5.24 Å². The molecule has 1 N–H and O–H groups in total. The average Bonchev–Trinajstić information content (AvgIpc) is 2.85. The number of nitrogens with one attached hydrogen (secondary N) is 1. The number of nitrogens with zero attached hydrogens (tertiary/aromatic N) is 1. The van der Waals surface area contributed by atoms with Crippen LogP contribution in [0.15, 0.2) is 53.4 Å². The molecule has 0 spiro atoms. The Bertz CT molecular complexity index is 900. The molecule has 1 saturated heterocycles. The van der Waals surface area contributed by atoms with Gasteiger partial charge in [0.1, 0.15) is 0 Å². The maximum atomic E-state index is 12.4. The van der Waals surface area contributed by atoms with Gasteiger partial charge < -0.3 is 0 Å². The van der Waals surface area contributed by atoms with Crippen molar-refractivity contribution >= 4 is 58.1 Å². The number of hydrazine groups is 1. The van der Waals surface area contributed by atoms with Gasteiger partial charge in [-0.15, -0.1) is 0 Å². The van der Waals surface area contributed by atoms with Crippen LogP contribution in [0.25, 0.3) is 6.08 Å². The predicted octanol–water partition coefficient (Wildman–Crippen LogP) is 4.37. The molecular formula is C17H10Cl2N2O3S. The monoisotopic (exact) mass is 392 g/mol. The molecule has 8 heteroatoms. The fourth-order valence-corrected chi connectivity index (χ4v) is 3.32. The maximum Gasteiger partial charge on any atom is 0.312 e. The Balaban J connectivity index is 1.80. The quantitative estimate of drug-likeness (QED) is 0.787. The second-order valence-corrected chi connectivity index (χ2v) is 6.83. The SMILES string of the molecule is O=C(NN1C(=O)S/C(=C\c2ccc(Cl)cc2Cl)C1=O)c1ccccc1. The largest absolute Gasteiger partial charge is 0.312 e. The van der Waals surface area contributed by atoms with Gasteiger partial charge in [0.05, 0.1) is 4.91 Å². The topological polar surface area (TPSA) is 66.5 Å². The van der Waals surface area contributed by atoms with Gasteiger partial charge in [0, 0.05) is 15.6 Å². The summed E-state index contributed by atoms with van der Waals surface area (Å²) in [7, 11) is 0. The van der Waals surface area contributed by atoms with Gasteiger partial charge in [-0.25, -0.2) is 0 Å². The van der Waals surface area contributed by atoms with Gasteiger partial charge in [0.25, 0.3) is 11.8 Å². The fourth-order valence-electron chi connectivity index (χ4n) is 2.08. The molecule has 2 aromatic rings. The third kappa shape index (κ3) is 3.87. The lowest BCUT2D eigenvalue weighted by molar-refractivity contribution is -0.124. The van der Waals surface area contributed by atoms with Crippen molar-refractivity contribution in [3.8, 4) is 0 Å². The van der Waals surface area contributed by atoms with Crippen LogP contribution in [-0.4, -0.2) is 22.1 Å². The first-order valence-corrected chi connectivity index (χ1v) is 8.62. The highest BCUT2D eigenvalue weighted by Gasteiger charge is 2.36. The Morgan fingerprint density at radius 3 is 2.48 bits per heavy atom. The molecule has 2 aromatic carbocycles. The molecule has 1 fully saturated rings. The Hall–Kier alpha value is -2.28. The number of hydrogen-bond donors (Lipinski definition) is 1. The summed E-state index contributed by atoms with van der Waals surface area (Å²) < 4.78 is 0. The first-order valence-electron chi connectivity index (χ1n) is 7.05. The molecule has 1 aliphatic rings. The van der Waals surface area contributed by atoms with Crippen LogP contribution in [-0.2, 0) is 4.79 Å². The Morgan fingerprint density at radius 1 is 1.08 bits per heavy atom. The van der Waals surface area contributed by atoms with Crippen LogP contribution in [0.5, 0.6) is 0 Å². The van der Waals surface area contributed by atoms with E-state index in [-0.39, 0.29) is 4.91 Å². The Labute approximate surface area is 157 Å². The maximum absolute atomic E-state index is 12.4. The van der Waals surface area contributed by atoms with Gasteiger partial charge in [-0.1, -0.05) is 47.5 Å². The van der Waals surface area contributed by atoms with E-state index in [0.29, 0.717) is 26.2 Å². The molecule has 25 heavy (non-hydrogen) atoms. The Kier molecular flexibility index (Phi) is 5.13. The number of hydrogen-bond acceptors (Lipinski definition) is 4. The predicted molar refractivity (Wildman–Crippen MR) is 98.2 cm³/mol. The summed E-state index contributed by atoms with van der Waals surface area (Å²) in [4.78, 5) is 36.7. The number of benzene rings is 2. The van der Waals surface area contributed by atoms with Crippen LogP contribution >= 0.6 is 35.0 Å². The third-order valence-electron chi connectivity index (χ3n) is 3.29. The minimum absolute atomic E-state index is 0.155. The molecule has 5 nitrogen and oxygen atoms in total. The summed E-state index contributed by atoms with van der Waals surface area (Å²) in [6.45, 7) is 0. The van der Waals surface area contributed by atoms with Crippen LogP contribution in [0.1, 0.15) is 15.9 Å². The van der Waals surface area contributed by atoms with Gasteiger partial charge in [-0.2, -0.15) is 5.01 Å². The molecule has 0 atom stereocenters. The van der Waals surface area contributed by atoms with E-state index in [0.717, 1.165) is 11.8 Å². The molecule has 0 aliphatic carbocycles. The lowest BCUT2D eigenvalue weighted by Crippen LogP contribution is -2.44. The molecule has 0 saturated carbocycles. The van der Waals surface area contributed by atoms with Crippen molar-refractivity contribution in [3.05, 3.63) is 74.6 Å². The highest BCUT2D eigenvalue weighted by molar-refractivity contribution is 8.18. The van der Waals surface area contributed by atoms with Crippen molar-refractivity contribution < 1.29 is 14.4 Å². The normalized spacial score (nSPS) is 15.8. The summed E-state index contributed by atoms with van der Waals surface area (Å²) in [6.07, 6.45) is 1.48. The molecule has 0 bridgehead atoms. The molecule has 126 valence electrons. The van der Waals surface area contributed by atoms with Crippen LogP contribution in [0, 0.1) is 0 Å². The van der Waals surface area contributed by atoms with E-state index in [1.807, 2.05) is 0 Å². The second-order valence-electron chi connectivity index (χ2n) is 4.99. The Morgan fingerprint density at radius 2 is 1.80 bits per heavy atom. The standard InChI is InChI=1S/C17H10Cl2N2O3S/c18-12-7-6-11(13(19)9-12)8-14-16(23)21(17(24)25-14)20-15(22)10-4-2-1-3-5-10/h1-9H,(H,20,22)/b14-8-. The molecule has 3 rings (SSSR count). The van der Waals surface area contributed by atoms with Crippen LogP contribution < -0.4 is 5.43 Å². The number of imide groups is 1. The number of halogens is 2. The summed E-state index contributed by atoms with van der Waals surface area (Å²) >= 11 is 12.6. The lowest BCUT2D eigenvalue weighted by atomic mass is 10.2. The van der Waals surface area contributed by atoms with E-state index in [1.165, 1.54) is 12.1 Å². The van der Waals surface area contributed by atoms with Gasteiger partial charge in [0.15, 0.2) is 0 Å². The zero-order chi connectivity index (χ0) is 18.0. The number of carbonyl (C=O) groups is 3. The smallest absolute Gasteiger partial charge is 0.267 e. The van der Waals surface area contributed by atoms with E-state index in [1.54, 1.807) is 42.5 Å². The summed E-state index contributed by atoms with van der Waals surface area (Å²) in [5.41, 5.74) is 3.20. The highest BCUT2D eigenvalue weighted by Crippen LogP contribution is 2.33. The molecule has 0 radical (unpaired) electrons. The van der Waals surface area contributed by atoms with Crippen LogP contribution in [0.2, 0.25) is 10.0 Å². The van der Waals surface area contributed by atoms with E-state index in [2.05, 4.69) is 5.43 Å². The molecule has 1 heterocycles. The van der Waals surface area contributed by atoms with Crippen molar-refractivity contribution in [2.75, 3.05) is 0 Å². The average molecular weight is 393 g/mol. The van der Waals surface area contributed by atoms with Gasteiger partial charge in [-0.3, -0.25) is 19.8 Å². The molecule has 1 aliphatic heterocycles. The summed E-state index contributed by atoms with van der Waals surface area (Å²) in [5.74, 6) is -1.17. The van der Waals surface area contributed by atoms with E-state index < -0.39 is 17.1 Å². The van der Waals surface area contributed by atoms with Crippen molar-refractivity contribution in [2.24, 2.45) is 0 Å². The molecule has 0 aromatic heterocycles. The zero-order valence-corrected chi connectivity index (χ0v) is 14.9. The zero-order valence-electron chi connectivity index (χ0n) is 12.5. The number of carbonyl (C=O) groups excluding carboxylic acids is 3. The fraction of sp³-hybridized carbons (Fsp3) is 0. The third-order valence-corrected chi connectivity index (χ3v) is 4.72. The van der Waals surface area contributed by atoms with Crippen molar-refractivity contribution in [2.45, 2.75) is 0 Å². The van der Waals surface area contributed by atoms with Gasteiger partial charge in [0.2, 0.25) is 0 Å². The second kappa shape index (κ2) is 7.31. The number of thioether (sulfide) groups is 1. The molecular weight excluding hydrogens is 383 g/mol. The summed E-state index contributed by atoms with van der Waals surface area (Å²) in [6, 6.07) is 13.1.